The van der Waals surface area contributed by atoms with Crippen LogP contribution in [-0.4, -0.2) is 10.8 Å². The molecule has 3 rings (SSSR count). The summed E-state index contributed by atoms with van der Waals surface area (Å²) in [6, 6.07) is 10.9. The number of anilines is 1. The number of aromatic nitrogens is 1. The van der Waals surface area contributed by atoms with Crippen molar-refractivity contribution >= 4 is 50.3 Å². The van der Waals surface area contributed by atoms with Crippen molar-refractivity contribution in [2.75, 3.05) is 5.32 Å². The molecular weight excluding hydrogens is 415 g/mol. The maximum Gasteiger partial charge on any atom is 0.195 e. The van der Waals surface area contributed by atoms with Crippen LogP contribution >= 0.6 is 38.9 Å². The lowest BCUT2D eigenvalue weighted by Gasteiger charge is -2.11. The molecule has 1 aromatic heterocycles. The van der Waals surface area contributed by atoms with Crippen LogP contribution in [0.3, 0.4) is 0 Å². The summed E-state index contributed by atoms with van der Waals surface area (Å²) in [6.45, 7) is 0.510. The zero-order valence-electron chi connectivity index (χ0n) is 12.2. The maximum atomic E-state index is 13.1. The number of nitrogens with one attached hydrogen (secondary N) is 1. The van der Waals surface area contributed by atoms with Crippen LogP contribution in [0.5, 0.6) is 0 Å². The van der Waals surface area contributed by atoms with Gasteiger partial charge in [0, 0.05) is 32.4 Å². The van der Waals surface area contributed by atoms with Crippen LogP contribution in [0.1, 0.15) is 20.8 Å². The van der Waals surface area contributed by atoms with Gasteiger partial charge >= 0.3 is 0 Å². The molecule has 24 heavy (non-hydrogen) atoms. The lowest BCUT2D eigenvalue weighted by Crippen LogP contribution is -2.08. The Labute approximate surface area is 155 Å². The third-order valence-corrected chi connectivity index (χ3v) is 4.92. The first-order valence-electron chi connectivity index (χ1n) is 6.97. The summed E-state index contributed by atoms with van der Waals surface area (Å²) >= 11 is 10.6. The summed E-state index contributed by atoms with van der Waals surface area (Å²) in [5.74, 6) is -0.553. The Balaban J connectivity index is 1.87. The van der Waals surface area contributed by atoms with Crippen molar-refractivity contribution in [2.45, 2.75) is 6.54 Å². The molecule has 0 saturated carbocycles. The first-order chi connectivity index (χ1) is 11.5. The highest BCUT2D eigenvalue weighted by molar-refractivity contribution is 9.10. The number of benzene rings is 2. The molecule has 0 bridgehead atoms. The lowest BCUT2D eigenvalue weighted by molar-refractivity contribution is 0.103. The Hall–Kier alpha value is -1.76. The standard InChI is InChI=1S/C17H11BrClFN2OS/c18-11-3-6-15(21-8-13-9-22-17(19)24-13)14(7-11)16(23)10-1-4-12(20)5-2-10/h1-7,9,21H,8H2. The molecule has 0 fully saturated rings. The number of nitrogens with zero attached hydrogens (tertiary/aromatic N) is 1. The van der Waals surface area contributed by atoms with Crippen molar-refractivity contribution in [3.05, 3.63) is 79.4 Å². The molecule has 0 aliphatic carbocycles. The van der Waals surface area contributed by atoms with Crippen LogP contribution in [0.25, 0.3) is 0 Å². The largest absolute Gasteiger partial charge is 0.379 e. The van der Waals surface area contributed by atoms with Gasteiger partial charge in [-0.25, -0.2) is 9.37 Å². The molecule has 122 valence electrons. The summed E-state index contributed by atoms with van der Waals surface area (Å²) < 4.78 is 14.3. The van der Waals surface area contributed by atoms with E-state index in [1.807, 2.05) is 12.1 Å². The van der Waals surface area contributed by atoms with E-state index in [0.717, 1.165) is 9.35 Å². The third-order valence-electron chi connectivity index (χ3n) is 3.31. The van der Waals surface area contributed by atoms with Crippen molar-refractivity contribution in [1.29, 1.82) is 0 Å². The van der Waals surface area contributed by atoms with Crippen molar-refractivity contribution in [3.8, 4) is 0 Å². The van der Waals surface area contributed by atoms with Crippen LogP contribution in [0.2, 0.25) is 4.47 Å². The Bertz CT molecular complexity index is 883. The maximum absolute atomic E-state index is 13.1. The van der Waals surface area contributed by atoms with Gasteiger partial charge in [-0.15, -0.1) is 11.3 Å². The van der Waals surface area contributed by atoms with Crippen molar-refractivity contribution in [2.24, 2.45) is 0 Å². The monoisotopic (exact) mass is 424 g/mol. The van der Waals surface area contributed by atoms with Crippen molar-refractivity contribution < 1.29 is 9.18 Å². The second kappa shape index (κ2) is 7.42. The molecule has 1 N–H and O–H groups in total. The Morgan fingerprint density at radius 3 is 2.67 bits per heavy atom. The summed E-state index contributed by atoms with van der Waals surface area (Å²) in [4.78, 5) is 17.7. The average molecular weight is 426 g/mol. The molecule has 0 aliphatic rings. The van der Waals surface area contributed by atoms with E-state index >= 15 is 0 Å². The molecule has 0 unspecified atom stereocenters. The fraction of sp³-hybridized carbons (Fsp3) is 0.0588. The van der Waals surface area contributed by atoms with Gasteiger partial charge in [0.1, 0.15) is 5.82 Å². The summed E-state index contributed by atoms with van der Waals surface area (Å²) in [6.07, 6.45) is 1.69. The predicted molar refractivity (Wildman–Crippen MR) is 98.4 cm³/mol. The van der Waals surface area contributed by atoms with Gasteiger partial charge in [0.2, 0.25) is 0 Å². The van der Waals surface area contributed by atoms with E-state index in [2.05, 4.69) is 26.2 Å². The number of rotatable bonds is 5. The predicted octanol–water partition coefficient (Wildman–Crippen LogP) is 5.54. The summed E-state index contributed by atoms with van der Waals surface area (Å²) in [5.41, 5.74) is 1.63. The average Bonchev–Trinajstić information content (AvgIpc) is 2.99. The first kappa shape index (κ1) is 17.1. The number of hydrogen-bond donors (Lipinski definition) is 1. The van der Waals surface area contributed by atoms with Crippen LogP contribution in [0, 0.1) is 5.82 Å². The highest BCUT2D eigenvalue weighted by Gasteiger charge is 2.15. The summed E-state index contributed by atoms with van der Waals surface area (Å²) in [5, 5.41) is 3.23. The second-order valence-corrected chi connectivity index (χ2v) is 7.57. The molecule has 0 saturated heterocycles. The molecule has 3 aromatic rings. The quantitative estimate of drug-likeness (QED) is 0.546. The molecule has 0 amide bonds. The van der Waals surface area contributed by atoms with Gasteiger partial charge < -0.3 is 5.32 Å². The molecule has 0 radical (unpaired) electrons. The van der Waals surface area contributed by atoms with Crippen LogP contribution in [-0.2, 0) is 6.54 Å². The van der Waals surface area contributed by atoms with E-state index in [1.165, 1.54) is 35.6 Å². The zero-order valence-corrected chi connectivity index (χ0v) is 15.4. The smallest absolute Gasteiger partial charge is 0.195 e. The number of ketones is 1. The minimum Gasteiger partial charge on any atom is -0.379 e. The van der Waals surface area contributed by atoms with E-state index in [4.69, 9.17) is 11.6 Å². The molecule has 0 spiro atoms. The first-order valence-corrected chi connectivity index (χ1v) is 8.95. The van der Waals surface area contributed by atoms with Gasteiger partial charge in [-0.05, 0) is 42.5 Å². The third kappa shape index (κ3) is 4.01. The molecule has 0 atom stereocenters. The van der Waals surface area contributed by atoms with Gasteiger partial charge in [0.25, 0.3) is 0 Å². The Morgan fingerprint density at radius 2 is 2.00 bits per heavy atom. The number of hydrogen-bond acceptors (Lipinski definition) is 4. The molecule has 0 aliphatic heterocycles. The molecule has 7 heteroatoms. The van der Waals surface area contributed by atoms with E-state index in [9.17, 15) is 9.18 Å². The van der Waals surface area contributed by atoms with Crippen molar-refractivity contribution in [1.82, 2.24) is 4.98 Å². The highest BCUT2D eigenvalue weighted by atomic mass is 79.9. The lowest BCUT2D eigenvalue weighted by atomic mass is 10.0. The number of halogens is 3. The van der Waals surface area contributed by atoms with Crippen LogP contribution in [0.4, 0.5) is 10.1 Å². The topological polar surface area (TPSA) is 42.0 Å². The minimum absolute atomic E-state index is 0.180. The van der Waals surface area contributed by atoms with Gasteiger partial charge in [-0.2, -0.15) is 0 Å². The minimum atomic E-state index is -0.374. The van der Waals surface area contributed by atoms with Gasteiger partial charge in [0.15, 0.2) is 10.3 Å². The number of thiazole rings is 1. The Morgan fingerprint density at radius 1 is 1.25 bits per heavy atom. The fourth-order valence-corrected chi connectivity index (χ4v) is 3.44. The van der Waals surface area contributed by atoms with Crippen LogP contribution in [0.15, 0.2) is 53.1 Å². The normalized spacial score (nSPS) is 10.6. The summed E-state index contributed by atoms with van der Waals surface area (Å²) in [7, 11) is 0. The highest BCUT2D eigenvalue weighted by Crippen LogP contribution is 2.26. The molecule has 2 aromatic carbocycles. The van der Waals surface area contributed by atoms with E-state index in [-0.39, 0.29) is 11.6 Å². The van der Waals surface area contributed by atoms with Gasteiger partial charge in [0.05, 0.1) is 6.54 Å². The van der Waals surface area contributed by atoms with Crippen LogP contribution < -0.4 is 5.32 Å². The second-order valence-electron chi connectivity index (χ2n) is 4.96. The Kier molecular flexibility index (Phi) is 5.28. The van der Waals surface area contributed by atoms with E-state index in [1.54, 1.807) is 12.3 Å². The van der Waals surface area contributed by atoms with E-state index < -0.39 is 0 Å². The molecule has 3 nitrogen and oxygen atoms in total. The van der Waals surface area contributed by atoms with Crippen molar-refractivity contribution in [3.63, 3.8) is 0 Å². The SMILES string of the molecule is O=C(c1ccc(F)cc1)c1cc(Br)ccc1NCc1cnc(Cl)s1. The number of carbonyl (C=O) groups excluding carboxylic acids is 1. The fourth-order valence-electron chi connectivity index (χ4n) is 2.16. The zero-order chi connectivity index (χ0) is 17.1. The van der Waals surface area contributed by atoms with E-state index in [0.29, 0.717) is 27.8 Å². The molecular formula is C17H11BrClFN2OS. The van der Waals surface area contributed by atoms with Gasteiger partial charge in [-0.3, -0.25) is 4.79 Å². The van der Waals surface area contributed by atoms with Gasteiger partial charge in [-0.1, -0.05) is 27.5 Å². The number of carbonyl (C=O) groups is 1. The molecule has 1 heterocycles.